The third kappa shape index (κ3) is 2.82. The van der Waals surface area contributed by atoms with Crippen molar-refractivity contribution in [3.8, 4) is 0 Å². The Bertz CT molecular complexity index is 733. The predicted molar refractivity (Wildman–Crippen MR) is 89.1 cm³/mol. The van der Waals surface area contributed by atoms with Crippen molar-refractivity contribution < 1.29 is 9.59 Å². The standard InChI is InChI=1S/C16H13ClN2O2S/c17-10-5-7-11(8-6-10)19-15(20)9-14(16(19)21)22-13-4-2-1-3-12(13)18/h1-8,14H,9,18H2/t14-/m1/s1. The number of anilines is 2. The van der Waals surface area contributed by atoms with E-state index in [1.165, 1.54) is 16.7 Å². The molecule has 2 aromatic carbocycles. The highest BCUT2D eigenvalue weighted by Crippen LogP contribution is 2.36. The van der Waals surface area contributed by atoms with Gasteiger partial charge in [0.1, 0.15) is 0 Å². The van der Waals surface area contributed by atoms with E-state index in [1.807, 2.05) is 18.2 Å². The molecule has 2 aromatic rings. The molecule has 0 aromatic heterocycles. The number of hydrogen-bond acceptors (Lipinski definition) is 4. The number of nitrogen functional groups attached to an aromatic ring is 1. The molecule has 0 spiro atoms. The average Bonchev–Trinajstić information content (AvgIpc) is 2.77. The van der Waals surface area contributed by atoms with Crippen LogP contribution in [0.25, 0.3) is 0 Å². The second-order valence-electron chi connectivity index (χ2n) is 4.89. The molecule has 0 saturated carbocycles. The molecule has 1 fully saturated rings. The Morgan fingerprint density at radius 1 is 1.09 bits per heavy atom. The van der Waals surface area contributed by atoms with E-state index >= 15 is 0 Å². The molecule has 0 aliphatic carbocycles. The summed E-state index contributed by atoms with van der Waals surface area (Å²) in [6.07, 6.45) is 0.167. The number of benzene rings is 2. The summed E-state index contributed by atoms with van der Waals surface area (Å²) in [6.45, 7) is 0. The van der Waals surface area contributed by atoms with Gasteiger partial charge in [-0.1, -0.05) is 23.7 Å². The molecule has 1 saturated heterocycles. The quantitative estimate of drug-likeness (QED) is 0.691. The SMILES string of the molecule is Nc1ccccc1S[C@@H]1CC(=O)N(c2ccc(Cl)cc2)C1=O. The Labute approximate surface area is 137 Å². The highest BCUT2D eigenvalue weighted by atomic mass is 35.5. The molecular weight excluding hydrogens is 320 g/mol. The van der Waals surface area contributed by atoms with Crippen LogP contribution >= 0.6 is 23.4 Å². The number of amides is 2. The molecule has 6 heteroatoms. The molecule has 22 heavy (non-hydrogen) atoms. The van der Waals surface area contributed by atoms with Gasteiger partial charge < -0.3 is 5.73 Å². The van der Waals surface area contributed by atoms with Gasteiger partial charge in [-0.15, -0.1) is 11.8 Å². The predicted octanol–water partition coefficient (Wildman–Crippen LogP) is 3.35. The van der Waals surface area contributed by atoms with E-state index in [4.69, 9.17) is 17.3 Å². The van der Waals surface area contributed by atoms with Crippen LogP contribution in [0.2, 0.25) is 5.02 Å². The number of imide groups is 1. The summed E-state index contributed by atoms with van der Waals surface area (Å²) in [6, 6.07) is 14.0. The molecule has 1 heterocycles. The normalized spacial score (nSPS) is 18.0. The summed E-state index contributed by atoms with van der Waals surface area (Å²) in [7, 11) is 0. The monoisotopic (exact) mass is 332 g/mol. The largest absolute Gasteiger partial charge is 0.398 e. The molecule has 1 aliphatic rings. The van der Waals surface area contributed by atoms with Gasteiger partial charge in [-0.25, -0.2) is 4.90 Å². The maximum atomic E-state index is 12.5. The van der Waals surface area contributed by atoms with Crippen molar-refractivity contribution in [1.29, 1.82) is 0 Å². The molecule has 112 valence electrons. The van der Waals surface area contributed by atoms with Gasteiger partial charge >= 0.3 is 0 Å². The Balaban J connectivity index is 1.82. The average molecular weight is 333 g/mol. The fourth-order valence-corrected chi connectivity index (χ4v) is 3.52. The second-order valence-corrected chi connectivity index (χ2v) is 6.57. The highest BCUT2D eigenvalue weighted by Gasteiger charge is 2.40. The van der Waals surface area contributed by atoms with Crippen LogP contribution in [0, 0.1) is 0 Å². The minimum absolute atomic E-state index is 0.167. The summed E-state index contributed by atoms with van der Waals surface area (Å²) in [5, 5.41) is 0.110. The third-order valence-corrected chi connectivity index (χ3v) is 4.91. The van der Waals surface area contributed by atoms with E-state index in [0.717, 1.165) is 4.90 Å². The van der Waals surface area contributed by atoms with Gasteiger partial charge in [-0.05, 0) is 36.4 Å². The topological polar surface area (TPSA) is 63.4 Å². The van der Waals surface area contributed by atoms with Gasteiger partial charge in [-0.3, -0.25) is 9.59 Å². The maximum absolute atomic E-state index is 12.5. The number of carbonyl (C=O) groups excluding carboxylic acids is 2. The first-order chi connectivity index (χ1) is 10.6. The first kappa shape index (κ1) is 14.9. The summed E-state index contributed by atoms with van der Waals surface area (Å²) in [4.78, 5) is 26.7. The molecule has 4 nitrogen and oxygen atoms in total. The van der Waals surface area contributed by atoms with Gasteiger partial charge in [0.15, 0.2) is 0 Å². The molecule has 2 N–H and O–H groups in total. The smallest absolute Gasteiger partial charge is 0.247 e. The second kappa shape index (κ2) is 6.02. The van der Waals surface area contributed by atoms with Crippen molar-refractivity contribution in [3.63, 3.8) is 0 Å². The van der Waals surface area contributed by atoms with Gasteiger partial charge in [0.2, 0.25) is 11.8 Å². The third-order valence-electron chi connectivity index (χ3n) is 3.38. The molecule has 1 atom stereocenters. The Morgan fingerprint density at radius 2 is 1.77 bits per heavy atom. The summed E-state index contributed by atoms with van der Waals surface area (Å²) in [5.74, 6) is -0.431. The van der Waals surface area contributed by atoms with E-state index in [1.54, 1.807) is 30.3 Å². The molecule has 0 bridgehead atoms. The molecule has 1 aliphatic heterocycles. The molecule has 3 rings (SSSR count). The number of para-hydroxylation sites is 1. The maximum Gasteiger partial charge on any atom is 0.247 e. The van der Waals surface area contributed by atoms with Crippen LogP contribution < -0.4 is 10.6 Å². The number of thioether (sulfide) groups is 1. The van der Waals surface area contributed by atoms with Gasteiger partial charge in [-0.2, -0.15) is 0 Å². The molecular formula is C16H13ClN2O2S. The zero-order chi connectivity index (χ0) is 15.7. The Hall–Kier alpha value is -1.98. The van der Waals surface area contributed by atoms with Crippen LogP contribution in [0.3, 0.4) is 0 Å². The van der Waals surface area contributed by atoms with Crippen LogP contribution in [0.1, 0.15) is 6.42 Å². The summed E-state index contributed by atoms with van der Waals surface area (Å²) < 4.78 is 0. The first-order valence-corrected chi connectivity index (χ1v) is 7.95. The lowest BCUT2D eigenvalue weighted by Crippen LogP contribution is -2.31. The van der Waals surface area contributed by atoms with Gasteiger partial charge in [0.05, 0.1) is 10.9 Å². The summed E-state index contributed by atoms with van der Waals surface area (Å²) in [5.41, 5.74) is 7.05. The zero-order valence-electron chi connectivity index (χ0n) is 11.5. The first-order valence-electron chi connectivity index (χ1n) is 6.70. The lowest BCUT2D eigenvalue weighted by molar-refractivity contribution is -0.121. The van der Waals surface area contributed by atoms with E-state index in [-0.39, 0.29) is 18.2 Å². The lowest BCUT2D eigenvalue weighted by Gasteiger charge is -2.15. The van der Waals surface area contributed by atoms with Crippen molar-refractivity contribution in [2.75, 3.05) is 10.6 Å². The zero-order valence-corrected chi connectivity index (χ0v) is 13.1. The molecule has 0 unspecified atom stereocenters. The number of hydrogen-bond donors (Lipinski definition) is 1. The van der Waals surface area contributed by atoms with Crippen molar-refractivity contribution >= 4 is 46.6 Å². The fourth-order valence-electron chi connectivity index (χ4n) is 2.30. The van der Waals surface area contributed by atoms with Crippen molar-refractivity contribution in [2.45, 2.75) is 16.6 Å². The Kier molecular flexibility index (Phi) is 4.09. The van der Waals surface area contributed by atoms with Crippen LogP contribution in [0.5, 0.6) is 0 Å². The number of carbonyl (C=O) groups is 2. The van der Waals surface area contributed by atoms with E-state index in [2.05, 4.69) is 0 Å². The number of nitrogens with zero attached hydrogens (tertiary/aromatic N) is 1. The van der Waals surface area contributed by atoms with Crippen molar-refractivity contribution in [2.24, 2.45) is 0 Å². The van der Waals surface area contributed by atoms with Crippen LogP contribution in [0.15, 0.2) is 53.4 Å². The highest BCUT2D eigenvalue weighted by molar-refractivity contribution is 8.00. The molecule has 2 amide bonds. The Morgan fingerprint density at radius 3 is 2.45 bits per heavy atom. The van der Waals surface area contributed by atoms with Crippen molar-refractivity contribution in [1.82, 2.24) is 0 Å². The van der Waals surface area contributed by atoms with E-state index < -0.39 is 5.25 Å². The fraction of sp³-hybridized carbons (Fsp3) is 0.125. The number of halogens is 1. The molecule has 0 radical (unpaired) electrons. The number of rotatable bonds is 3. The minimum atomic E-state index is -0.451. The van der Waals surface area contributed by atoms with E-state index in [9.17, 15) is 9.59 Å². The van der Waals surface area contributed by atoms with Gasteiger partial charge in [0, 0.05) is 22.0 Å². The minimum Gasteiger partial charge on any atom is -0.398 e. The van der Waals surface area contributed by atoms with Crippen LogP contribution in [0.4, 0.5) is 11.4 Å². The van der Waals surface area contributed by atoms with Crippen LogP contribution in [-0.4, -0.2) is 17.1 Å². The number of nitrogens with two attached hydrogens (primary N) is 1. The van der Waals surface area contributed by atoms with Crippen LogP contribution in [-0.2, 0) is 9.59 Å². The van der Waals surface area contributed by atoms with E-state index in [0.29, 0.717) is 16.4 Å². The lowest BCUT2D eigenvalue weighted by atomic mass is 10.3. The van der Waals surface area contributed by atoms with Crippen molar-refractivity contribution in [3.05, 3.63) is 53.6 Å². The summed E-state index contributed by atoms with van der Waals surface area (Å²) >= 11 is 7.17. The van der Waals surface area contributed by atoms with Gasteiger partial charge in [0.25, 0.3) is 0 Å².